The van der Waals surface area contributed by atoms with Crippen LogP contribution in [0.3, 0.4) is 0 Å². The molecule has 3 aromatic rings. The summed E-state index contributed by atoms with van der Waals surface area (Å²) in [7, 11) is 0. The molecular formula is C21H22N8. The number of rotatable bonds is 6. The van der Waals surface area contributed by atoms with Crippen LogP contribution in [0.15, 0.2) is 79.7 Å². The molecule has 0 atom stereocenters. The Balaban J connectivity index is 1.14. The Kier molecular flexibility index (Phi) is 4.57. The average molecular weight is 386 g/mol. The molecule has 5 heterocycles. The minimum atomic E-state index is 0.756. The van der Waals surface area contributed by atoms with Gasteiger partial charge in [-0.05, 0) is 30.3 Å². The Morgan fingerprint density at radius 1 is 0.759 bits per heavy atom. The van der Waals surface area contributed by atoms with Gasteiger partial charge in [-0.25, -0.2) is 9.97 Å². The Morgan fingerprint density at radius 3 is 1.97 bits per heavy atom. The summed E-state index contributed by atoms with van der Waals surface area (Å²) in [5.74, 6) is 1.90. The number of pyridine rings is 2. The van der Waals surface area contributed by atoms with Crippen LogP contribution in [0, 0.1) is 0 Å². The zero-order chi connectivity index (χ0) is 19.5. The third-order valence-electron chi connectivity index (χ3n) is 4.89. The van der Waals surface area contributed by atoms with Crippen molar-refractivity contribution in [3.05, 3.63) is 91.0 Å². The van der Waals surface area contributed by atoms with Crippen molar-refractivity contribution in [1.29, 1.82) is 0 Å². The second-order valence-electron chi connectivity index (χ2n) is 7.07. The Morgan fingerprint density at radius 2 is 1.38 bits per heavy atom. The number of aromatic amines is 1. The van der Waals surface area contributed by atoms with Crippen LogP contribution >= 0.6 is 0 Å². The fourth-order valence-electron chi connectivity index (χ4n) is 3.48. The van der Waals surface area contributed by atoms with Crippen LogP contribution < -0.4 is 9.80 Å². The van der Waals surface area contributed by atoms with Gasteiger partial charge in [0.25, 0.3) is 0 Å². The molecule has 0 amide bonds. The quantitative estimate of drug-likeness (QED) is 0.699. The number of nitrogens with one attached hydrogen (secondary N) is 1. The van der Waals surface area contributed by atoms with Crippen LogP contribution in [0.25, 0.3) is 0 Å². The van der Waals surface area contributed by atoms with E-state index in [0.29, 0.717) is 0 Å². The van der Waals surface area contributed by atoms with Crippen LogP contribution in [0.2, 0.25) is 0 Å². The summed E-state index contributed by atoms with van der Waals surface area (Å²) in [6.07, 6.45) is 11.9. The van der Waals surface area contributed by atoms with E-state index in [0.717, 1.165) is 49.5 Å². The molecule has 3 aromatic heterocycles. The summed E-state index contributed by atoms with van der Waals surface area (Å²) in [6.45, 7) is 3.08. The fraction of sp³-hybridized carbons (Fsp3) is 0.190. The predicted octanol–water partition coefficient (Wildman–Crippen LogP) is 2.70. The van der Waals surface area contributed by atoms with Gasteiger partial charge in [-0.15, -0.1) is 0 Å². The van der Waals surface area contributed by atoms with E-state index in [1.54, 1.807) is 0 Å². The number of anilines is 2. The molecule has 146 valence electrons. The topological polar surface area (TPSA) is 67.4 Å². The highest BCUT2D eigenvalue weighted by Gasteiger charge is 2.18. The number of nitrogens with zero attached hydrogens (tertiary/aromatic N) is 7. The van der Waals surface area contributed by atoms with Crippen molar-refractivity contribution in [3.63, 3.8) is 0 Å². The molecule has 0 saturated carbocycles. The Labute approximate surface area is 169 Å². The van der Waals surface area contributed by atoms with Gasteiger partial charge in [-0.2, -0.15) is 5.10 Å². The third kappa shape index (κ3) is 3.91. The molecule has 8 nitrogen and oxygen atoms in total. The minimum absolute atomic E-state index is 0.756. The maximum atomic E-state index is 4.49. The second-order valence-corrected chi connectivity index (χ2v) is 7.07. The van der Waals surface area contributed by atoms with E-state index < -0.39 is 0 Å². The van der Waals surface area contributed by atoms with E-state index in [1.807, 2.05) is 48.8 Å². The molecule has 0 bridgehead atoms. The van der Waals surface area contributed by atoms with Crippen LogP contribution in [-0.4, -0.2) is 43.3 Å². The van der Waals surface area contributed by atoms with E-state index in [1.165, 1.54) is 0 Å². The minimum Gasteiger partial charge on any atom is -0.352 e. The molecule has 2 aliphatic rings. The van der Waals surface area contributed by atoms with Crippen LogP contribution in [-0.2, 0) is 13.1 Å². The molecule has 0 unspecified atom stereocenters. The van der Waals surface area contributed by atoms with Gasteiger partial charge in [-0.1, -0.05) is 12.1 Å². The molecule has 0 spiro atoms. The van der Waals surface area contributed by atoms with Crippen LogP contribution in [0.5, 0.6) is 0 Å². The second kappa shape index (κ2) is 7.67. The predicted molar refractivity (Wildman–Crippen MR) is 111 cm³/mol. The van der Waals surface area contributed by atoms with E-state index in [9.17, 15) is 0 Å². The first-order valence-corrected chi connectivity index (χ1v) is 9.57. The maximum absolute atomic E-state index is 4.49. The highest BCUT2D eigenvalue weighted by atomic mass is 15.4. The molecule has 0 fully saturated rings. The lowest BCUT2D eigenvalue weighted by molar-refractivity contribution is 0.393. The number of hydrogen-bond acceptors (Lipinski definition) is 7. The van der Waals surface area contributed by atoms with Crippen molar-refractivity contribution >= 4 is 11.6 Å². The monoisotopic (exact) mass is 386 g/mol. The van der Waals surface area contributed by atoms with Crippen molar-refractivity contribution in [2.45, 2.75) is 13.1 Å². The molecule has 5 rings (SSSR count). The van der Waals surface area contributed by atoms with Gasteiger partial charge in [0.2, 0.25) is 0 Å². The third-order valence-corrected chi connectivity index (χ3v) is 4.89. The molecular weight excluding hydrogens is 364 g/mol. The van der Waals surface area contributed by atoms with Gasteiger partial charge in [-0.3, -0.25) is 5.10 Å². The highest BCUT2D eigenvalue weighted by Crippen LogP contribution is 2.19. The van der Waals surface area contributed by atoms with Gasteiger partial charge in [0.1, 0.15) is 11.6 Å². The molecule has 29 heavy (non-hydrogen) atoms. The van der Waals surface area contributed by atoms with Crippen molar-refractivity contribution in [2.75, 3.05) is 23.1 Å². The van der Waals surface area contributed by atoms with E-state index in [2.05, 4.69) is 70.6 Å². The standard InChI is InChI=1S/C21H22N8/c1-3-7-22-20(5-1)28-11-9-26(16-28)14-18-13-19(25-24-18)15-27-10-12-29(17-27)21-6-2-4-8-23-21/h1-13H,14-17H2,(H,24,25). The smallest absolute Gasteiger partial charge is 0.133 e. The molecule has 2 aliphatic heterocycles. The van der Waals surface area contributed by atoms with Crippen molar-refractivity contribution in [1.82, 2.24) is 30.0 Å². The molecule has 1 N–H and O–H groups in total. The summed E-state index contributed by atoms with van der Waals surface area (Å²) >= 11 is 0. The Hall–Kier alpha value is -3.81. The van der Waals surface area contributed by atoms with Crippen molar-refractivity contribution in [2.24, 2.45) is 0 Å². The number of H-pyrrole nitrogens is 1. The largest absolute Gasteiger partial charge is 0.352 e. The summed E-state index contributed by atoms with van der Waals surface area (Å²) in [5.41, 5.74) is 2.12. The first-order valence-electron chi connectivity index (χ1n) is 9.57. The zero-order valence-corrected chi connectivity index (χ0v) is 16.0. The average Bonchev–Trinajstić information content (AvgIpc) is 3.52. The van der Waals surface area contributed by atoms with Gasteiger partial charge >= 0.3 is 0 Å². The highest BCUT2D eigenvalue weighted by molar-refractivity contribution is 5.43. The molecule has 0 aromatic carbocycles. The van der Waals surface area contributed by atoms with Crippen LogP contribution in [0.4, 0.5) is 11.6 Å². The molecule has 8 heteroatoms. The van der Waals surface area contributed by atoms with Gasteiger partial charge < -0.3 is 19.6 Å². The summed E-state index contributed by atoms with van der Waals surface area (Å²) < 4.78 is 0. The summed E-state index contributed by atoms with van der Waals surface area (Å²) in [5, 5.41) is 7.65. The van der Waals surface area contributed by atoms with Crippen LogP contribution in [0.1, 0.15) is 11.4 Å². The zero-order valence-electron chi connectivity index (χ0n) is 16.0. The summed E-state index contributed by atoms with van der Waals surface area (Å²) in [4.78, 5) is 17.5. The van der Waals surface area contributed by atoms with E-state index in [-0.39, 0.29) is 0 Å². The maximum Gasteiger partial charge on any atom is 0.133 e. The SMILES string of the molecule is C1=CN(c2ccccn2)CN1Cc1cc(CN2C=CN(c3ccccn3)C2)[nH]n1. The summed E-state index contributed by atoms with van der Waals surface area (Å²) in [6, 6.07) is 14.0. The fourth-order valence-corrected chi connectivity index (χ4v) is 3.48. The van der Waals surface area contributed by atoms with Gasteiger partial charge in [0.15, 0.2) is 0 Å². The lowest BCUT2D eigenvalue weighted by atomic mass is 10.3. The lowest BCUT2D eigenvalue weighted by Gasteiger charge is -2.20. The molecule has 0 saturated heterocycles. The van der Waals surface area contributed by atoms with Gasteiger partial charge in [0, 0.05) is 37.2 Å². The molecule has 0 aliphatic carbocycles. The lowest BCUT2D eigenvalue weighted by Crippen LogP contribution is -2.25. The Bertz CT molecular complexity index is 918. The number of aromatic nitrogens is 4. The van der Waals surface area contributed by atoms with Gasteiger partial charge in [0.05, 0.1) is 37.8 Å². The normalized spacial score (nSPS) is 15.7. The van der Waals surface area contributed by atoms with Crippen molar-refractivity contribution in [3.8, 4) is 0 Å². The first kappa shape index (κ1) is 17.3. The number of hydrogen-bond donors (Lipinski definition) is 1. The van der Waals surface area contributed by atoms with E-state index >= 15 is 0 Å². The first-order chi connectivity index (χ1) is 14.3. The van der Waals surface area contributed by atoms with E-state index in [4.69, 9.17) is 0 Å². The van der Waals surface area contributed by atoms with Crippen molar-refractivity contribution < 1.29 is 0 Å². The molecule has 0 radical (unpaired) electrons.